The number of fused-ring (bicyclic) bond motifs is 1. The van der Waals surface area contributed by atoms with E-state index in [-0.39, 0.29) is 24.0 Å². The van der Waals surface area contributed by atoms with Gasteiger partial charge in [0.25, 0.3) is 0 Å². The number of aromatic nitrogens is 2. The van der Waals surface area contributed by atoms with E-state index in [9.17, 15) is 0 Å². The molecule has 2 aromatic rings. The summed E-state index contributed by atoms with van der Waals surface area (Å²) in [6.07, 6.45) is 4.70. The normalized spacial score (nSPS) is 21.4. The van der Waals surface area contributed by atoms with E-state index < -0.39 is 0 Å². The summed E-state index contributed by atoms with van der Waals surface area (Å²) in [5, 5.41) is 11.8. The number of hydrogen-bond acceptors (Lipinski definition) is 2. The van der Waals surface area contributed by atoms with Gasteiger partial charge in [0.15, 0.2) is 5.96 Å². The minimum Gasteiger partial charge on any atom is -0.353 e. The second-order valence-corrected chi connectivity index (χ2v) is 6.86. The van der Waals surface area contributed by atoms with Crippen molar-refractivity contribution in [2.24, 2.45) is 10.9 Å². The number of nitrogens with zero attached hydrogens (tertiary/aromatic N) is 3. The lowest BCUT2D eigenvalue weighted by Gasteiger charge is -2.11. The zero-order chi connectivity index (χ0) is 16.5. The van der Waals surface area contributed by atoms with E-state index in [0.717, 1.165) is 42.6 Å². The zero-order valence-corrected chi connectivity index (χ0v) is 17.2. The second-order valence-electron chi connectivity index (χ2n) is 6.86. The Morgan fingerprint density at radius 3 is 2.72 bits per heavy atom. The zero-order valence-electron chi connectivity index (χ0n) is 14.8. The Morgan fingerprint density at radius 2 is 2.04 bits per heavy atom. The van der Waals surface area contributed by atoms with Crippen LogP contribution in [0.5, 0.6) is 0 Å². The Kier molecular flexibility index (Phi) is 5.66. The van der Waals surface area contributed by atoms with Crippen LogP contribution < -0.4 is 10.6 Å². The highest BCUT2D eigenvalue weighted by Gasteiger charge is 2.33. The van der Waals surface area contributed by atoms with Crippen LogP contribution in [0.4, 0.5) is 0 Å². The van der Waals surface area contributed by atoms with Crippen LogP contribution in [-0.2, 0) is 19.4 Å². The molecule has 1 aromatic heterocycles. The van der Waals surface area contributed by atoms with E-state index in [1.54, 1.807) is 0 Å². The fourth-order valence-electron chi connectivity index (χ4n) is 3.50. The summed E-state index contributed by atoms with van der Waals surface area (Å²) in [5.74, 6) is 1.63. The fraction of sp³-hybridized carbons (Fsp3) is 0.474. The van der Waals surface area contributed by atoms with Crippen molar-refractivity contribution in [3.8, 4) is 5.69 Å². The van der Waals surface area contributed by atoms with Crippen molar-refractivity contribution in [1.82, 2.24) is 20.4 Å². The highest BCUT2D eigenvalue weighted by molar-refractivity contribution is 14.0. The van der Waals surface area contributed by atoms with Crippen LogP contribution in [0.15, 0.2) is 35.3 Å². The smallest absolute Gasteiger partial charge is 0.191 e. The summed E-state index contributed by atoms with van der Waals surface area (Å²) >= 11 is 0. The number of aliphatic imine (C=N–C) groups is 1. The number of nitrogens with one attached hydrogen (secondary N) is 2. The van der Waals surface area contributed by atoms with Gasteiger partial charge >= 0.3 is 0 Å². The summed E-state index contributed by atoms with van der Waals surface area (Å²) < 4.78 is 2.12. The lowest BCUT2D eigenvalue weighted by atomic mass is 10.2. The molecule has 25 heavy (non-hydrogen) atoms. The first kappa shape index (κ1) is 18.2. The lowest BCUT2D eigenvalue weighted by Crippen LogP contribution is -2.38. The predicted molar refractivity (Wildman–Crippen MR) is 112 cm³/mol. The molecule has 134 valence electrons. The Morgan fingerprint density at radius 1 is 1.28 bits per heavy atom. The van der Waals surface area contributed by atoms with Gasteiger partial charge in [-0.15, -0.1) is 24.0 Å². The highest BCUT2D eigenvalue weighted by atomic mass is 127. The van der Waals surface area contributed by atoms with Crippen LogP contribution >= 0.6 is 24.0 Å². The first-order valence-corrected chi connectivity index (χ1v) is 8.88. The molecule has 1 saturated carbocycles. The van der Waals surface area contributed by atoms with Crippen LogP contribution in [0.3, 0.4) is 0 Å². The molecule has 1 fully saturated rings. The molecule has 5 nitrogen and oxygen atoms in total. The summed E-state index contributed by atoms with van der Waals surface area (Å²) in [5.41, 5.74) is 5.09. The molecule has 0 bridgehead atoms. The Bertz CT molecular complexity index is 753. The number of guanidine groups is 1. The monoisotopic (exact) mass is 451 g/mol. The van der Waals surface area contributed by atoms with Gasteiger partial charge in [0.2, 0.25) is 0 Å². The van der Waals surface area contributed by atoms with Gasteiger partial charge in [-0.3, -0.25) is 4.99 Å². The van der Waals surface area contributed by atoms with Crippen molar-refractivity contribution >= 4 is 29.9 Å². The van der Waals surface area contributed by atoms with Crippen LogP contribution in [0.1, 0.15) is 36.7 Å². The van der Waals surface area contributed by atoms with Crippen molar-refractivity contribution in [3.05, 3.63) is 47.3 Å². The maximum Gasteiger partial charge on any atom is 0.191 e. The number of benzene rings is 1. The van der Waals surface area contributed by atoms with Crippen molar-refractivity contribution in [1.29, 1.82) is 0 Å². The van der Waals surface area contributed by atoms with E-state index in [2.05, 4.69) is 51.5 Å². The molecule has 0 spiro atoms. The topological polar surface area (TPSA) is 54.2 Å². The molecule has 1 heterocycles. The van der Waals surface area contributed by atoms with Gasteiger partial charge in [0.05, 0.1) is 17.9 Å². The molecule has 6 heteroatoms. The standard InChI is InChI=1S/C19H25N5.HI/c1-13-11-16(13)22-19(20-2)21-12-17-15-9-6-10-18(15)24(23-17)14-7-4-3-5-8-14;/h3-5,7-8,13,16H,6,9-12H2,1-2H3,(H2,20,21,22);1H. The summed E-state index contributed by atoms with van der Waals surface area (Å²) in [7, 11) is 1.83. The SMILES string of the molecule is CN=C(NCc1nn(-c2ccccc2)c2c1CCC2)NC1CC1C.I. The summed E-state index contributed by atoms with van der Waals surface area (Å²) in [6.45, 7) is 2.99. The molecule has 0 radical (unpaired) electrons. The molecule has 2 aliphatic rings. The van der Waals surface area contributed by atoms with Gasteiger partial charge in [0, 0.05) is 18.8 Å². The summed E-state index contributed by atoms with van der Waals surface area (Å²) in [4.78, 5) is 4.34. The van der Waals surface area contributed by atoms with Crippen molar-refractivity contribution in [3.63, 3.8) is 0 Å². The van der Waals surface area contributed by atoms with E-state index in [4.69, 9.17) is 5.10 Å². The lowest BCUT2D eigenvalue weighted by molar-refractivity contribution is 0.723. The second kappa shape index (κ2) is 7.76. The van der Waals surface area contributed by atoms with Crippen molar-refractivity contribution in [2.45, 2.75) is 45.2 Å². The summed E-state index contributed by atoms with van der Waals surface area (Å²) in [6, 6.07) is 11.0. The third-order valence-electron chi connectivity index (χ3n) is 5.09. The van der Waals surface area contributed by atoms with E-state index in [1.165, 1.54) is 24.1 Å². The first-order valence-electron chi connectivity index (χ1n) is 8.88. The van der Waals surface area contributed by atoms with Crippen LogP contribution in [0, 0.1) is 5.92 Å². The van der Waals surface area contributed by atoms with Crippen molar-refractivity contribution in [2.75, 3.05) is 7.05 Å². The van der Waals surface area contributed by atoms with Crippen LogP contribution in [0.2, 0.25) is 0 Å². The van der Waals surface area contributed by atoms with Crippen LogP contribution in [-0.4, -0.2) is 28.8 Å². The van der Waals surface area contributed by atoms with Crippen LogP contribution in [0.25, 0.3) is 5.69 Å². The number of halogens is 1. The molecule has 2 atom stereocenters. The van der Waals surface area contributed by atoms with E-state index >= 15 is 0 Å². The molecule has 2 aliphatic carbocycles. The fourth-order valence-corrected chi connectivity index (χ4v) is 3.50. The molecular weight excluding hydrogens is 425 g/mol. The average Bonchev–Trinajstić information content (AvgIpc) is 3.01. The van der Waals surface area contributed by atoms with Crippen molar-refractivity contribution < 1.29 is 0 Å². The Hall–Kier alpha value is -1.57. The first-order chi connectivity index (χ1) is 11.8. The van der Waals surface area contributed by atoms with Gasteiger partial charge in [-0.1, -0.05) is 25.1 Å². The number of para-hydroxylation sites is 1. The largest absolute Gasteiger partial charge is 0.353 e. The van der Waals surface area contributed by atoms with E-state index in [1.807, 2.05) is 13.1 Å². The highest BCUT2D eigenvalue weighted by Crippen LogP contribution is 2.29. The minimum atomic E-state index is 0. The number of rotatable bonds is 4. The van der Waals surface area contributed by atoms with Gasteiger partial charge in [0.1, 0.15) is 0 Å². The molecule has 4 rings (SSSR count). The third kappa shape index (κ3) is 3.83. The van der Waals surface area contributed by atoms with Gasteiger partial charge in [-0.2, -0.15) is 5.10 Å². The molecule has 2 N–H and O–H groups in total. The quantitative estimate of drug-likeness (QED) is 0.427. The maximum absolute atomic E-state index is 4.89. The van der Waals surface area contributed by atoms with Gasteiger partial charge < -0.3 is 10.6 Å². The molecule has 2 unspecified atom stereocenters. The average molecular weight is 451 g/mol. The minimum absolute atomic E-state index is 0. The van der Waals surface area contributed by atoms with E-state index in [0.29, 0.717) is 6.04 Å². The predicted octanol–water partition coefficient (Wildman–Crippen LogP) is 3.05. The molecule has 0 aliphatic heterocycles. The maximum atomic E-state index is 4.89. The Balaban J connectivity index is 0.00000182. The Labute approximate surface area is 166 Å². The number of hydrogen-bond donors (Lipinski definition) is 2. The molecule has 0 saturated heterocycles. The van der Waals surface area contributed by atoms with Gasteiger partial charge in [-0.05, 0) is 49.3 Å². The molecule has 0 amide bonds. The third-order valence-corrected chi connectivity index (χ3v) is 5.09. The van der Waals surface area contributed by atoms with Gasteiger partial charge in [-0.25, -0.2) is 4.68 Å². The molecule has 1 aromatic carbocycles. The molecular formula is C19H26IN5.